The molecule has 4 aromatic carbocycles. The highest BCUT2D eigenvalue weighted by Crippen LogP contribution is 2.26. The molecule has 0 amide bonds. The van der Waals surface area contributed by atoms with E-state index in [9.17, 15) is 0 Å². The van der Waals surface area contributed by atoms with Gasteiger partial charge in [0.1, 0.15) is 30.8 Å². The van der Waals surface area contributed by atoms with Gasteiger partial charge in [-0.1, -0.05) is 141 Å². The monoisotopic (exact) mass is 736 g/mol. The molecule has 4 aromatic rings. The largest absolute Gasteiger partial charge is 0.493 e. The molecule has 0 atom stereocenters. The second kappa shape index (κ2) is 19.7. The van der Waals surface area contributed by atoms with Crippen LogP contribution in [0.25, 0.3) is 21.5 Å². The Balaban J connectivity index is 1.03. The van der Waals surface area contributed by atoms with E-state index in [1.54, 1.807) is 0 Å². The molecular formula is C45H62B2O7. The first kappa shape index (κ1) is 40.6. The van der Waals surface area contributed by atoms with Crippen LogP contribution in [0.15, 0.2) is 72.8 Å². The summed E-state index contributed by atoms with van der Waals surface area (Å²) in [6.45, 7) is 15.1. The lowest BCUT2D eigenvalue weighted by Gasteiger charge is -2.33. The van der Waals surface area contributed by atoms with E-state index in [1.165, 1.54) is 57.8 Å². The van der Waals surface area contributed by atoms with Crippen molar-refractivity contribution in [1.82, 2.24) is 0 Å². The molecule has 0 N–H and O–H groups in total. The molecule has 0 radical (unpaired) electrons. The van der Waals surface area contributed by atoms with Crippen LogP contribution in [0.3, 0.4) is 0 Å². The average molecular weight is 737 g/mol. The Hall–Kier alpha value is -3.07. The summed E-state index contributed by atoms with van der Waals surface area (Å²) in [7, 11) is -0.657. The molecule has 7 nitrogen and oxygen atoms in total. The number of benzene rings is 4. The van der Waals surface area contributed by atoms with E-state index >= 15 is 0 Å². The van der Waals surface area contributed by atoms with Gasteiger partial charge < -0.3 is 32.8 Å². The van der Waals surface area contributed by atoms with Gasteiger partial charge in [0.2, 0.25) is 0 Å². The van der Waals surface area contributed by atoms with Crippen molar-refractivity contribution in [3.8, 4) is 11.5 Å². The number of ether oxygens (including phenoxy) is 3. The zero-order valence-corrected chi connectivity index (χ0v) is 33.5. The molecule has 0 aromatic heterocycles. The maximum absolute atomic E-state index is 6.42. The smallest absolute Gasteiger partial charge is 0.491 e. The predicted octanol–water partition coefficient (Wildman–Crippen LogP) is 9.29. The predicted molar refractivity (Wildman–Crippen MR) is 223 cm³/mol. The van der Waals surface area contributed by atoms with Crippen molar-refractivity contribution in [2.45, 2.75) is 105 Å². The van der Waals surface area contributed by atoms with Crippen LogP contribution in [0.4, 0.5) is 0 Å². The van der Waals surface area contributed by atoms with Crippen LogP contribution < -0.4 is 20.4 Å². The highest BCUT2D eigenvalue weighted by molar-refractivity contribution is 6.62. The molecule has 0 saturated carbocycles. The van der Waals surface area contributed by atoms with Crippen molar-refractivity contribution in [2.75, 3.05) is 46.2 Å². The molecule has 2 aliphatic rings. The van der Waals surface area contributed by atoms with Crippen molar-refractivity contribution in [3.63, 3.8) is 0 Å². The molecule has 0 spiro atoms. The van der Waals surface area contributed by atoms with E-state index in [1.807, 2.05) is 12.1 Å². The van der Waals surface area contributed by atoms with Gasteiger partial charge in [0.25, 0.3) is 0 Å². The van der Waals surface area contributed by atoms with Crippen LogP contribution in [0.1, 0.15) is 98.8 Å². The molecule has 0 bridgehead atoms. The van der Waals surface area contributed by atoms with Gasteiger partial charge in [-0.25, -0.2) is 0 Å². The Morgan fingerprint density at radius 2 is 0.907 bits per heavy atom. The van der Waals surface area contributed by atoms with Crippen molar-refractivity contribution in [1.29, 1.82) is 0 Å². The van der Waals surface area contributed by atoms with Crippen LogP contribution in [0.5, 0.6) is 11.5 Å². The number of hydrogen-bond donors (Lipinski definition) is 0. The van der Waals surface area contributed by atoms with Gasteiger partial charge in [-0.2, -0.15) is 0 Å². The van der Waals surface area contributed by atoms with Gasteiger partial charge in [0.05, 0.1) is 0 Å². The minimum Gasteiger partial charge on any atom is -0.491 e. The second-order valence-corrected chi connectivity index (χ2v) is 17.1. The lowest BCUT2D eigenvalue weighted by Crippen LogP contribution is -2.47. The molecule has 2 fully saturated rings. The third-order valence-corrected chi connectivity index (χ3v) is 10.4. The molecule has 6 rings (SSSR count). The van der Waals surface area contributed by atoms with Crippen molar-refractivity contribution >= 4 is 46.7 Å². The Bertz CT molecular complexity index is 1630. The van der Waals surface area contributed by atoms with E-state index in [-0.39, 0.29) is 31.2 Å². The Kier molecular flexibility index (Phi) is 14.8. The first-order valence-corrected chi connectivity index (χ1v) is 20.6. The zero-order valence-electron chi connectivity index (χ0n) is 33.5. The SMILES string of the molecule is CCCCCCCCCCCCOC(COc1ccc2cc(B3OCC(C)(C)CO3)ccc2c1)COc1ccc2cc(B3OCC(C)(C)CO3)ccc2c1. The average Bonchev–Trinajstić information content (AvgIpc) is 3.17. The fourth-order valence-corrected chi connectivity index (χ4v) is 7.09. The van der Waals surface area contributed by atoms with Gasteiger partial charge in [0.15, 0.2) is 0 Å². The summed E-state index contributed by atoms with van der Waals surface area (Å²) in [5.41, 5.74) is 2.15. The quantitative estimate of drug-likeness (QED) is 0.0662. The molecule has 290 valence electrons. The summed E-state index contributed by atoms with van der Waals surface area (Å²) in [6, 6.07) is 25.1. The number of fused-ring (bicyclic) bond motifs is 2. The van der Waals surface area contributed by atoms with E-state index in [0.29, 0.717) is 46.2 Å². The van der Waals surface area contributed by atoms with Gasteiger partial charge >= 0.3 is 14.2 Å². The van der Waals surface area contributed by atoms with Crippen LogP contribution in [-0.4, -0.2) is 66.6 Å². The highest BCUT2D eigenvalue weighted by Gasteiger charge is 2.34. The first-order valence-electron chi connectivity index (χ1n) is 20.6. The molecular weight excluding hydrogens is 674 g/mol. The summed E-state index contributed by atoms with van der Waals surface area (Å²) in [6.07, 6.45) is 12.7. The van der Waals surface area contributed by atoms with E-state index in [2.05, 4.69) is 95.3 Å². The highest BCUT2D eigenvalue weighted by atomic mass is 16.6. The van der Waals surface area contributed by atoms with Gasteiger partial charge in [0, 0.05) is 43.9 Å². The van der Waals surface area contributed by atoms with Crippen molar-refractivity contribution < 1.29 is 32.8 Å². The van der Waals surface area contributed by atoms with Crippen LogP contribution in [0.2, 0.25) is 0 Å². The first-order chi connectivity index (χ1) is 26.2. The molecule has 0 aliphatic carbocycles. The van der Waals surface area contributed by atoms with E-state index in [4.69, 9.17) is 32.8 Å². The molecule has 0 unspecified atom stereocenters. The summed E-state index contributed by atoms with van der Waals surface area (Å²) in [5.74, 6) is 1.62. The van der Waals surface area contributed by atoms with Crippen molar-refractivity contribution in [2.24, 2.45) is 10.8 Å². The number of unbranched alkanes of at least 4 members (excludes halogenated alkanes) is 9. The summed E-state index contributed by atoms with van der Waals surface area (Å²) < 4.78 is 43.2. The van der Waals surface area contributed by atoms with Crippen LogP contribution in [0, 0.1) is 10.8 Å². The standard InChI is InChI=1S/C45H62B2O7/c1-6-7-8-9-10-11-12-13-14-15-24-48-43(29-49-41-22-18-35-25-39(20-16-37(35)27-41)46-51-31-44(2,3)32-52-46)30-50-42-23-19-36-26-40(21-17-38(36)28-42)47-53-33-45(4,5)34-54-47/h16-23,25-28,43H,6-15,24,29-34H2,1-5H3. The van der Waals surface area contributed by atoms with Crippen LogP contribution in [-0.2, 0) is 23.4 Å². The summed E-state index contributed by atoms with van der Waals surface area (Å²) in [5, 5.41) is 4.47. The minimum atomic E-state index is -0.328. The van der Waals surface area contributed by atoms with Gasteiger partial charge in [-0.15, -0.1) is 0 Å². The topological polar surface area (TPSA) is 64.6 Å². The lowest BCUT2D eigenvalue weighted by molar-refractivity contribution is -0.00875. The van der Waals surface area contributed by atoms with Gasteiger partial charge in [-0.3, -0.25) is 0 Å². The van der Waals surface area contributed by atoms with Crippen molar-refractivity contribution in [3.05, 3.63) is 72.8 Å². The zero-order chi connectivity index (χ0) is 37.8. The second-order valence-electron chi connectivity index (χ2n) is 17.1. The number of rotatable bonds is 20. The lowest BCUT2D eigenvalue weighted by atomic mass is 9.75. The normalized spacial score (nSPS) is 17.1. The molecule has 2 aliphatic heterocycles. The fourth-order valence-electron chi connectivity index (χ4n) is 7.09. The molecule has 2 heterocycles. The third kappa shape index (κ3) is 12.2. The van der Waals surface area contributed by atoms with Crippen LogP contribution >= 0.6 is 0 Å². The maximum Gasteiger partial charge on any atom is 0.493 e. The fraction of sp³-hybridized carbons (Fsp3) is 0.556. The molecule has 9 heteroatoms. The Morgan fingerprint density at radius 1 is 0.519 bits per heavy atom. The van der Waals surface area contributed by atoms with E-state index < -0.39 is 0 Å². The molecule has 54 heavy (non-hydrogen) atoms. The summed E-state index contributed by atoms with van der Waals surface area (Å²) in [4.78, 5) is 0. The number of hydrogen-bond acceptors (Lipinski definition) is 7. The van der Waals surface area contributed by atoms with Gasteiger partial charge in [-0.05, 0) is 63.2 Å². The Morgan fingerprint density at radius 3 is 1.35 bits per heavy atom. The molecule has 2 saturated heterocycles. The summed E-state index contributed by atoms with van der Waals surface area (Å²) >= 11 is 0. The van der Waals surface area contributed by atoms with E-state index in [0.717, 1.165) is 50.4 Å². The Labute approximate surface area is 325 Å². The third-order valence-electron chi connectivity index (χ3n) is 10.4. The minimum absolute atomic E-state index is 0.0395. The maximum atomic E-state index is 6.42.